The van der Waals surface area contributed by atoms with Crippen molar-refractivity contribution in [3.8, 4) is 11.5 Å². The van der Waals surface area contributed by atoms with E-state index >= 15 is 0 Å². The molecule has 0 amide bonds. The van der Waals surface area contributed by atoms with Crippen LogP contribution in [0.25, 0.3) is 0 Å². The van der Waals surface area contributed by atoms with E-state index in [4.69, 9.17) is 21.1 Å². The fourth-order valence-corrected chi connectivity index (χ4v) is 2.28. The molecule has 0 aliphatic carbocycles. The molecule has 0 spiro atoms. The lowest BCUT2D eigenvalue weighted by Crippen LogP contribution is -1.96. The molecule has 1 aromatic carbocycles. The third kappa shape index (κ3) is 5.87. The van der Waals surface area contributed by atoms with Gasteiger partial charge >= 0.3 is 0 Å². The van der Waals surface area contributed by atoms with Crippen LogP contribution in [0.4, 0.5) is 0 Å². The van der Waals surface area contributed by atoms with E-state index in [1.54, 1.807) is 7.11 Å². The van der Waals surface area contributed by atoms with Gasteiger partial charge in [-0.15, -0.1) is 0 Å². The molecule has 106 valence electrons. The summed E-state index contributed by atoms with van der Waals surface area (Å²) < 4.78 is 11.8. The lowest BCUT2D eigenvalue weighted by molar-refractivity contribution is 0.389. The molecule has 0 heterocycles. The number of ether oxygens (including phenoxy) is 2. The molecule has 0 radical (unpaired) electrons. The molecule has 1 rings (SSSR count). The number of halogens is 2. The molecule has 19 heavy (non-hydrogen) atoms. The first-order chi connectivity index (χ1) is 9.21. The molecule has 0 N–H and O–H groups in total. The zero-order valence-electron chi connectivity index (χ0n) is 11.4. The Morgan fingerprint density at radius 3 is 2.68 bits per heavy atom. The summed E-state index contributed by atoms with van der Waals surface area (Å²) in [4.78, 5) is 0. The van der Waals surface area contributed by atoms with Gasteiger partial charge in [0.15, 0.2) is 0 Å². The molecule has 0 unspecified atom stereocenters. The van der Waals surface area contributed by atoms with Crippen molar-refractivity contribution >= 4 is 27.5 Å². The Hall–Kier alpha value is -0.670. The minimum atomic E-state index is 0.753. The van der Waals surface area contributed by atoms with Gasteiger partial charge in [0.05, 0.1) is 11.6 Å². The average Bonchev–Trinajstić information content (AvgIpc) is 2.43. The van der Waals surface area contributed by atoms with Gasteiger partial charge in [0, 0.05) is 12.0 Å². The largest absolute Gasteiger partial charge is 0.497 e. The zero-order chi connectivity index (χ0) is 14.1. The number of allylic oxidation sites excluding steroid dienone is 1. The minimum absolute atomic E-state index is 0.753. The highest BCUT2D eigenvalue weighted by Crippen LogP contribution is 2.31. The predicted octanol–water partition coefficient (Wildman–Crippen LogP) is 5.89. The number of methoxy groups -OCH3 is 1. The molecule has 2 nitrogen and oxygen atoms in total. The van der Waals surface area contributed by atoms with E-state index in [2.05, 4.69) is 22.9 Å². The average molecular weight is 348 g/mol. The number of benzene rings is 1. The Labute approximate surface area is 128 Å². The van der Waals surface area contributed by atoms with Crippen molar-refractivity contribution in [2.45, 2.75) is 39.0 Å². The molecular formula is C15H20BrClO2. The smallest absolute Gasteiger partial charge is 0.141 e. The molecule has 0 bridgehead atoms. The van der Waals surface area contributed by atoms with Crippen molar-refractivity contribution < 1.29 is 9.47 Å². The van der Waals surface area contributed by atoms with Gasteiger partial charge in [0.2, 0.25) is 0 Å². The van der Waals surface area contributed by atoms with E-state index in [1.807, 2.05) is 18.2 Å². The standard InChI is InChI=1S/C15H20BrClO2/c1-3-4-5-6-7-13(11-17)19-15-9-8-12(18-2)10-14(15)16/h8-11H,3-7H2,1-2H3/b13-11+. The van der Waals surface area contributed by atoms with Crippen LogP contribution in [-0.4, -0.2) is 7.11 Å². The zero-order valence-corrected chi connectivity index (χ0v) is 13.8. The number of hydrogen-bond donors (Lipinski definition) is 0. The van der Waals surface area contributed by atoms with Crippen LogP contribution in [0.3, 0.4) is 0 Å². The quantitative estimate of drug-likeness (QED) is 0.431. The van der Waals surface area contributed by atoms with Crippen LogP contribution in [-0.2, 0) is 0 Å². The lowest BCUT2D eigenvalue weighted by atomic mass is 10.1. The fourth-order valence-electron chi connectivity index (χ4n) is 1.69. The molecule has 0 atom stereocenters. The highest BCUT2D eigenvalue weighted by molar-refractivity contribution is 9.10. The molecule has 0 aliphatic rings. The summed E-state index contributed by atoms with van der Waals surface area (Å²) in [6.07, 6.45) is 5.65. The molecule has 0 saturated carbocycles. The van der Waals surface area contributed by atoms with E-state index in [0.29, 0.717) is 0 Å². The first kappa shape index (κ1) is 16.4. The molecular weight excluding hydrogens is 328 g/mol. The third-order valence-corrected chi connectivity index (χ3v) is 3.64. The highest BCUT2D eigenvalue weighted by Gasteiger charge is 2.06. The SMILES string of the molecule is CCCCCC/C(=C\Cl)Oc1ccc(OC)cc1Br. The van der Waals surface area contributed by atoms with Crippen molar-refractivity contribution in [2.75, 3.05) is 7.11 Å². The second-order valence-electron chi connectivity index (χ2n) is 4.28. The van der Waals surface area contributed by atoms with Gasteiger partial charge in [0.25, 0.3) is 0 Å². The summed E-state index contributed by atoms with van der Waals surface area (Å²) in [7, 11) is 1.64. The van der Waals surface area contributed by atoms with Gasteiger partial charge in [-0.1, -0.05) is 37.8 Å². The molecule has 0 fully saturated rings. The second kappa shape index (κ2) is 9.27. The van der Waals surface area contributed by atoms with E-state index in [1.165, 1.54) is 24.8 Å². The van der Waals surface area contributed by atoms with E-state index < -0.39 is 0 Å². The topological polar surface area (TPSA) is 18.5 Å². The van der Waals surface area contributed by atoms with Gasteiger partial charge in [0.1, 0.15) is 17.3 Å². The maximum absolute atomic E-state index is 5.81. The predicted molar refractivity (Wildman–Crippen MR) is 84.0 cm³/mol. The fraction of sp³-hybridized carbons (Fsp3) is 0.467. The number of hydrogen-bond acceptors (Lipinski definition) is 2. The van der Waals surface area contributed by atoms with Crippen molar-refractivity contribution in [3.05, 3.63) is 34.0 Å². The first-order valence-corrected chi connectivity index (χ1v) is 7.74. The van der Waals surface area contributed by atoms with Gasteiger partial charge in [-0.05, 0) is 40.5 Å². The Morgan fingerprint density at radius 2 is 2.11 bits per heavy atom. The highest BCUT2D eigenvalue weighted by atomic mass is 79.9. The number of unbranched alkanes of at least 4 members (excludes halogenated alkanes) is 3. The molecule has 0 aromatic heterocycles. The minimum Gasteiger partial charge on any atom is -0.497 e. The van der Waals surface area contributed by atoms with Crippen molar-refractivity contribution in [3.63, 3.8) is 0 Å². The summed E-state index contributed by atoms with van der Waals surface area (Å²) in [6.45, 7) is 2.20. The summed E-state index contributed by atoms with van der Waals surface area (Å²) in [5.41, 5.74) is 1.52. The first-order valence-electron chi connectivity index (χ1n) is 6.52. The maximum Gasteiger partial charge on any atom is 0.141 e. The van der Waals surface area contributed by atoms with Crippen LogP contribution in [0.5, 0.6) is 11.5 Å². The van der Waals surface area contributed by atoms with E-state index in [-0.39, 0.29) is 0 Å². The monoisotopic (exact) mass is 346 g/mol. The van der Waals surface area contributed by atoms with E-state index in [9.17, 15) is 0 Å². The van der Waals surface area contributed by atoms with Crippen LogP contribution >= 0.6 is 27.5 Å². The van der Waals surface area contributed by atoms with Crippen LogP contribution < -0.4 is 9.47 Å². The molecule has 0 saturated heterocycles. The van der Waals surface area contributed by atoms with E-state index in [0.717, 1.165) is 34.6 Å². The van der Waals surface area contributed by atoms with Crippen molar-refractivity contribution in [1.29, 1.82) is 0 Å². The maximum atomic E-state index is 5.81. The molecule has 0 aliphatic heterocycles. The van der Waals surface area contributed by atoms with Gasteiger partial charge < -0.3 is 9.47 Å². The second-order valence-corrected chi connectivity index (χ2v) is 5.36. The number of rotatable bonds is 8. The van der Waals surface area contributed by atoms with Gasteiger partial charge in [-0.3, -0.25) is 0 Å². The molecule has 4 heteroatoms. The third-order valence-electron chi connectivity index (χ3n) is 2.78. The Kier molecular flexibility index (Phi) is 7.99. The van der Waals surface area contributed by atoms with Crippen LogP contribution in [0, 0.1) is 0 Å². The lowest BCUT2D eigenvalue weighted by Gasteiger charge is -2.11. The summed E-state index contributed by atoms with van der Waals surface area (Å²) in [5.74, 6) is 2.34. The van der Waals surface area contributed by atoms with Crippen molar-refractivity contribution in [2.24, 2.45) is 0 Å². The molecule has 1 aromatic rings. The Morgan fingerprint density at radius 1 is 1.32 bits per heavy atom. The summed E-state index contributed by atoms with van der Waals surface area (Å²) >= 11 is 9.28. The van der Waals surface area contributed by atoms with Crippen LogP contribution in [0.2, 0.25) is 0 Å². The summed E-state index contributed by atoms with van der Waals surface area (Å²) in [6, 6.07) is 5.61. The van der Waals surface area contributed by atoms with Gasteiger partial charge in [-0.25, -0.2) is 0 Å². The van der Waals surface area contributed by atoms with Gasteiger partial charge in [-0.2, -0.15) is 0 Å². The van der Waals surface area contributed by atoms with Crippen molar-refractivity contribution in [1.82, 2.24) is 0 Å². The Bertz CT molecular complexity index is 419. The van der Waals surface area contributed by atoms with Crippen LogP contribution in [0.15, 0.2) is 34.0 Å². The Balaban J connectivity index is 2.56. The summed E-state index contributed by atoms with van der Waals surface area (Å²) in [5, 5.41) is 0. The van der Waals surface area contributed by atoms with Crippen LogP contribution in [0.1, 0.15) is 39.0 Å². The normalized spacial score (nSPS) is 11.5.